The second-order valence-electron chi connectivity index (χ2n) is 6.14. The summed E-state index contributed by atoms with van der Waals surface area (Å²) < 4.78 is 7.09. The van der Waals surface area contributed by atoms with Gasteiger partial charge in [0.25, 0.3) is 0 Å². The number of ether oxygens (including phenoxy) is 1. The summed E-state index contributed by atoms with van der Waals surface area (Å²) in [6, 6.07) is 8.17. The second-order valence-corrected chi connectivity index (χ2v) is 8.10. The Balaban J connectivity index is 1.54. The van der Waals surface area contributed by atoms with E-state index in [0.717, 1.165) is 41.7 Å². The molecule has 1 spiro atoms. The van der Waals surface area contributed by atoms with Crippen molar-refractivity contribution in [3.05, 3.63) is 28.7 Å². The fourth-order valence-corrected chi connectivity index (χ4v) is 4.61. The molecule has 1 aliphatic heterocycles. The predicted molar refractivity (Wildman–Crippen MR) is 89.7 cm³/mol. The highest BCUT2D eigenvalue weighted by Gasteiger charge is 2.41. The molecule has 1 saturated carbocycles. The molecular formula is C17H21BrO2S. The maximum atomic E-state index is 12.5. The fraction of sp³-hybridized carbons (Fsp3) is 0.588. The maximum absolute atomic E-state index is 12.5. The van der Waals surface area contributed by atoms with Crippen LogP contribution < -0.4 is 0 Å². The molecule has 0 N–H and O–H groups in total. The summed E-state index contributed by atoms with van der Waals surface area (Å²) in [5, 5.41) is 0. The molecule has 1 aromatic carbocycles. The van der Waals surface area contributed by atoms with Gasteiger partial charge in [-0.15, -0.1) is 11.8 Å². The van der Waals surface area contributed by atoms with Crippen LogP contribution in [0.25, 0.3) is 0 Å². The van der Waals surface area contributed by atoms with Crippen LogP contribution in [0.4, 0.5) is 0 Å². The number of rotatable bonds is 4. The van der Waals surface area contributed by atoms with E-state index < -0.39 is 0 Å². The largest absolute Gasteiger partial charge is 0.375 e. The van der Waals surface area contributed by atoms with E-state index in [2.05, 4.69) is 28.1 Å². The third kappa shape index (κ3) is 3.91. The molecule has 1 aliphatic carbocycles. The Hall–Kier alpha value is -0.320. The first-order valence-electron chi connectivity index (χ1n) is 7.72. The minimum Gasteiger partial charge on any atom is -0.375 e. The van der Waals surface area contributed by atoms with Gasteiger partial charge in [-0.1, -0.05) is 28.8 Å². The van der Waals surface area contributed by atoms with E-state index in [1.165, 1.54) is 12.8 Å². The topological polar surface area (TPSA) is 26.3 Å². The Bertz CT molecular complexity index is 494. The van der Waals surface area contributed by atoms with Crippen LogP contribution in [0.15, 0.2) is 33.6 Å². The highest BCUT2D eigenvalue weighted by molar-refractivity contribution is 9.10. The van der Waals surface area contributed by atoms with Gasteiger partial charge in [0.2, 0.25) is 0 Å². The van der Waals surface area contributed by atoms with Gasteiger partial charge in [0.05, 0.1) is 11.4 Å². The molecule has 2 aliphatic rings. The lowest BCUT2D eigenvalue weighted by atomic mass is 9.83. The monoisotopic (exact) mass is 368 g/mol. The van der Waals surface area contributed by atoms with Crippen LogP contribution in [0.5, 0.6) is 0 Å². The number of Topliss-reactive ketones (excluding diaryl/α,β-unsaturated/α-hetero) is 1. The molecule has 0 bridgehead atoms. The van der Waals surface area contributed by atoms with E-state index >= 15 is 0 Å². The summed E-state index contributed by atoms with van der Waals surface area (Å²) >= 11 is 5.08. The number of hydrogen-bond donors (Lipinski definition) is 0. The Kier molecular flexibility index (Phi) is 5.07. The first kappa shape index (κ1) is 15.6. The average molecular weight is 369 g/mol. The molecule has 1 unspecified atom stereocenters. The third-order valence-electron chi connectivity index (χ3n) is 4.66. The van der Waals surface area contributed by atoms with Gasteiger partial charge in [-0.05, 0) is 49.9 Å². The molecule has 1 saturated heterocycles. The second kappa shape index (κ2) is 6.84. The maximum Gasteiger partial charge on any atom is 0.146 e. The van der Waals surface area contributed by atoms with Crippen LogP contribution in [0.1, 0.15) is 38.5 Å². The standard InChI is InChI=1S/C17H21BrO2S/c18-14-3-5-15(6-4-14)21-12-16(19)13-7-10-20-17(11-13)8-1-2-9-17/h3-6,13H,1-2,7-12H2. The molecule has 1 heterocycles. The Morgan fingerprint density at radius 1 is 1.29 bits per heavy atom. The molecule has 2 fully saturated rings. The quantitative estimate of drug-likeness (QED) is 0.710. The van der Waals surface area contributed by atoms with Crippen molar-refractivity contribution in [1.29, 1.82) is 0 Å². The molecule has 21 heavy (non-hydrogen) atoms. The van der Waals surface area contributed by atoms with Crippen molar-refractivity contribution in [1.82, 2.24) is 0 Å². The third-order valence-corrected chi connectivity index (χ3v) is 6.22. The highest BCUT2D eigenvalue weighted by atomic mass is 79.9. The van der Waals surface area contributed by atoms with Crippen LogP contribution in [0, 0.1) is 5.92 Å². The van der Waals surface area contributed by atoms with E-state index in [1.807, 2.05) is 12.1 Å². The molecule has 0 aromatic heterocycles. The lowest BCUT2D eigenvalue weighted by molar-refractivity contribution is -0.134. The lowest BCUT2D eigenvalue weighted by Crippen LogP contribution is -2.40. The summed E-state index contributed by atoms with van der Waals surface area (Å²) in [6.45, 7) is 0.763. The predicted octanol–water partition coefficient (Wildman–Crippen LogP) is 4.85. The highest BCUT2D eigenvalue weighted by Crippen LogP contribution is 2.42. The van der Waals surface area contributed by atoms with Crippen molar-refractivity contribution in [3.63, 3.8) is 0 Å². The number of carbonyl (C=O) groups excluding carboxylic acids is 1. The fourth-order valence-electron chi connectivity index (χ4n) is 3.47. The van der Waals surface area contributed by atoms with E-state index in [4.69, 9.17) is 4.74 Å². The van der Waals surface area contributed by atoms with Crippen LogP contribution in [0.3, 0.4) is 0 Å². The van der Waals surface area contributed by atoms with E-state index in [1.54, 1.807) is 11.8 Å². The Morgan fingerprint density at radius 2 is 2.00 bits per heavy atom. The SMILES string of the molecule is O=C(CSc1ccc(Br)cc1)C1CCOC2(CCCC2)C1. The van der Waals surface area contributed by atoms with Crippen LogP contribution in [-0.2, 0) is 9.53 Å². The van der Waals surface area contributed by atoms with Crippen LogP contribution >= 0.6 is 27.7 Å². The molecule has 114 valence electrons. The van der Waals surface area contributed by atoms with Crippen molar-refractivity contribution in [3.8, 4) is 0 Å². The smallest absolute Gasteiger partial charge is 0.146 e. The Morgan fingerprint density at radius 3 is 2.71 bits per heavy atom. The number of thioether (sulfide) groups is 1. The normalized spacial score (nSPS) is 24.3. The number of ketones is 1. The zero-order chi connectivity index (χ0) is 14.7. The molecule has 2 nitrogen and oxygen atoms in total. The number of hydrogen-bond acceptors (Lipinski definition) is 3. The van der Waals surface area contributed by atoms with Crippen molar-refractivity contribution in [2.24, 2.45) is 5.92 Å². The molecule has 0 amide bonds. The summed E-state index contributed by atoms with van der Waals surface area (Å²) in [4.78, 5) is 13.7. The first-order chi connectivity index (χ1) is 10.2. The van der Waals surface area contributed by atoms with Gasteiger partial charge in [0.1, 0.15) is 5.78 Å². The molecule has 3 rings (SSSR count). The minimum atomic E-state index is 0.0425. The van der Waals surface area contributed by atoms with E-state index in [0.29, 0.717) is 11.5 Å². The number of halogens is 1. The number of benzene rings is 1. The van der Waals surface area contributed by atoms with Crippen molar-refractivity contribution in [2.45, 2.75) is 49.0 Å². The van der Waals surface area contributed by atoms with Gasteiger partial charge in [-0.25, -0.2) is 0 Å². The van der Waals surface area contributed by atoms with Gasteiger partial charge < -0.3 is 4.74 Å². The van der Waals surface area contributed by atoms with Crippen LogP contribution in [-0.4, -0.2) is 23.7 Å². The zero-order valence-corrected chi connectivity index (χ0v) is 14.5. The molecule has 0 radical (unpaired) electrons. The van der Waals surface area contributed by atoms with Gasteiger partial charge in [-0.3, -0.25) is 4.79 Å². The van der Waals surface area contributed by atoms with E-state index in [9.17, 15) is 4.79 Å². The summed E-state index contributed by atoms with van der Waals surface area (Å²) in [6.07, 6.45) is 6.67. The zero-order valence-electron chi connectivity index (χ0n) is 12.1. The van der Waals surface area contributed by atoms with Gasteiger partial charge in [0.15, 0.2) is 0 Å². The molecule has 1 atom stereocenters. The minimum absolute atomic E-state index is 0.0425. The summed E-state index contributed by atoms with van der Waals surface area (Å²) in [7, 11) is 0. The summed E-state index contributed by atoms with van der Waals surface area (Å²) in [5.41, 5.74) is 0.0425. The van der Waals surface area contributed by atoms with Gasteiger partial charge >= 0.3 is 0 Å². The first-order valence-corrected chi connectivity index (χ1v) is 9.50. The average Bonchev–Trinajstić information content (AvgIpc) is 2.94. The number of carbonyl (C=O) groups is 1. The lowest BCUT2D eigenvalue weighted by Gasteiger charge is -2.37. The molecule has 1 aromatic rings. The summed E-state index contributed by atoms with van der Waals surface area (Å²) in [5.74, 6) is 1.19. The molecule has 4 heteroatoms. The van der Waals surface area contributed by atoms with Crippen LogP contribution in [0.2, 0.25) is 0 Å². The van der Waals surface area contributed by atoms with Gasteiger partial charge in [-0.2, -0.15) is 0 Å². The van der Waals surface area contributed by atoms with Gasteiger partial charge in [0, 0.05) is 21.9 Å². The molecular weight excluding hydrogens is 348 g/mol. The van der Waals surface area contributed by atoms with E-state index in [-0.39, 0.29) is 11.5 Å². The van der Waals surface area contributed by atoms with Crippen molar-refractivity contribution >= 4 is 33.5 Å². The van der Waals surface area contributed by atoms with Crippen molar-refractivity contribution < 1.29 is 9.53 Å². The van der Waals surface area contributed by atoms with Crippen molar-refractivity contribution in [2.75, 3.05) is 12.4 Å². The Labute approximate surface area is 139 Å².